The highest BCUT2D eigenvalue weighted by Crippen LogP contribution is 2.14. The van der Waals surface area contributed by atoms with Crippen molar-refractivity contribution in [2.24, 2.45) is 16.9 Å². The van der Waals surface area contributed by atoms with Gasteiger partial charge < -0.3 is 16.8 Å². The number of benzene rings is 1. The maximum absolute atomic E-state index is 11.9. The maximum atomic E-state index is 11.9. The number of primary amides is 1. The summed E-state index contributed by atoms with van der Waals surface area (Å²) in [6.07, 6.45) is 0. The van der Waals surface area contributed by atoms with Crippen molar-refractivity contribution in [3.8, 4) is 0 Å². The van der Waals surface area contributed by atoms with Crippen molar-refractivity contribution >= 4 is 17.5 Å². The summed E-state index contributed by atoms with van der Waals surface area (Å²) >= 11 is 0. The summed E-state index contributed by atoms with van der Waals surface area (Å²) in [5.41, 5.74) is 11.9. The second kappa shape index (κ2) is 7.19. The van der Waals surface area contributed by atoms with E-state index in [1.807, 2.05) is 11.9 Å². The Morgan fingerprint density at radius 1 is 1.24 bits per heavy atom. The molecule has 1 rings (SSSR count). The number of anilines is 1. The normalized spacial score (nSPS) is 11.5. The number of likely N-dealkylation sites (N-methyl/N-ethyl adjacent to an activating group) is 1. The monoisotopic (exact) mass is 292 g/mol. The van der Waals surface area contributed by atoms with Gasteiger partial charge in [0.1, 0.15) is 0 Å². The van der Waals surface area contributed by atoms with Gasteiger partial charge in [-0.15, -0.1) is 0 Å². The first-order valence-corrected chi connectivity index (χ1v) is 6.82. The Balaban J connectivity index is 2.51. The first-order chi connectivity index (χ1) is 9.73. The number of carbonyl (C=O) groups is 2. The maximum Gasteiger partial charge on any atom is 0.248 e. The molecule has 0 atom stereocenters. The van der Waals surface area contributed by atoms with Crippen molar-refractivity contribution in [3.05, 3.63) is 29.8 Å². The zero-order valence-corrected chi connectivity index (χ0v) is 12.8. The molecule has 0 saturated heterocycles. The van der Waals surface area contributed by atoms with Gasteiger partial charge in [-0.25, -0.2) is 0 Å². The average Bonchev–Trinajstić information content (AvgIpc) is 2.38. The minimum Gasteiger partial charge on any atom is -0.366 e. The summed E-state index contributed by atoms with van der Waals surface area (Å²) < 4.78 is 0. The summed E-state index contributed by atoms with van der Waals surface area (Å²) in [7, 11) is 1.88. The van der Waals surface area contributed by atoms with Gasteiger partial charge in [0.05, 0.1) is 6.54 Å². The number of hydrogen-bond acceptors (Lipinski definition) is 4. The summed E-state index contributed by atoms with van der Waals surface area (Å²) in [6, 6.07) is 6.47. The lowest BCUT2D eigenvalue weighted by Gasteiger charge is -2.28. The van der Waals surface area contributed by atoms with Gasteiger partial charge in [0.25, 0.3) is 0 Å². The topological polar surface area (TPSA) is 101 Å². The molecule has 0 radical (unpaired) electrons. The minimum absolute atomic E-state index is 0.0296. The predicted molar refractivity (Wildman–Crippen MR) is 83.9 cm³/mol. The van der Waals surface area contributed by atoms with Gasteiger partial charge in [-0.3, -0.25) is 14.5 Å². The van der Waals surface area contributed by atoms with E-state index in [0.717, 1.165) is 6.54 Å². The molecule has 0 aromatic heterocycles. The number of nitrogens with two attached hydrogens (primary N) is 2. The van der Waals surface area contributed by atoms with Crippen LogP contribution in [0.5, 0.6) is 0 Å². The SMILES string of the molecule is CN(CC(=O)Nc1ccc(C(N)=O)cc1)CC(C)(C)CN. The molecule has 0 unspecified atom stereocenters. The molecule has 0 bridgehead atoms. The van der Waals surface area contributed by atoms with Crippen LogP contribution in [0.15, 0.2) is 24.3 Å². The second-order valence-corrected chi connectivity index (χ2v) is 6.03. The summed E-state index contributed by atoms with van der Waals surface area (Å²) in [5, 5.41) is 2.78. The quantitative estimate of drug-likeness (QED) is 0.686. The standard InChI is InChI=1S/C15H24N4O2/c1-15(2,9-16)10-19(3)8-13(20)18-12-6-4-11(5-7-12)14(17)21/h4-7H,8-10,16H2,1-3H3,(H2,17,21)(H,18,20). The van der Waals surface area contributed by atoms with Crippen LogP contribution in [0.4, 0.5) is 5.69 Å². The zero-order valence-electron chi connectivity index (χ0n) is 12.8. The Hall–Kier alpha value is -1.92. The molecular formula is C15H24N4O2. The molecular weight excluding hydrogens is 268 g/mol. The van der Waals surface area contributed by atoms with Crippen molar-refractivity contribution < 1.29 is 9.59 Å². The van der Waals surface area contributed by atoms with E-state index in [9.17, 15) is 9.59 Å². The van der Waals surface area contributed by atoms with Crippen LogP contribution in [-0.4, -0.2) is 43.4 Å². The number of carbonyl (C=O) groups excluding carboxylic acids is 2. The van der Waals surface area contributed by atoms with Crippen LogP contribution in [0.1, 0.15) is 24.2 Å². The van der Waals surface area contributed by atoms with Gasteiger partial charge in [0, 0.05) is 17.8 Å². The van der Waals surface area contributed by atoms with Crippen molar-refractivity contribution in [2.75, 3.05) is 32.0 Å². The summed E-state index contributed by atoms with van der Waals surface area (Å²) in [6.45, 7) is 5.69. The van der Waals surface area contributed by atoms with E-state index in [4.69, 9.17) is 11.5 Å². The van der Waals surface area contributed by atoms with Gasteiger partial charge in [-0.2, -0.15) is 0 Å². The largest absolute Gasteiger partial charge is 0.366 e. The Bertz CT molecular complexity index is 497. The van der Waals surface area contributed by atoms with E-state index in [1.165, 1.54) is 0 Å². The van der Waals surface area contributed by atoms with Crippen LogP contribution in [0.2, 0.25) is 0 Å². The van der Waals surface area contributed by atoms with E-state index >= 15 is 0 Å². The Labute approximate surface area is 125 Å². The number of nitrogens with one attached hydrogen (secondary N) is 1. The van der Waals surface area contributed by atoms with Crippen molar-refractivity contribution in [3.63, 3.8) is 0 Å². The van der Waals surface area contributed by atoms with Crippen LogP contribution in [0, 0.1) is 5.41 Å². The highest BCUT2D eigenvalue weighted by molar-refractivity contribution is 5.95. The number of rotatable bonds is 7. The summed E-state index contributed by atoms with van der Waals surface area (Å²) in [5.74, 6) is -0.603. The van der Waals surface area contributed by atoms with E-state index in [-0.39, 0.29) is 17.9 Å². The van der Waals surface area contributed by atoms with Crippen LogP contribution in [-0.2, 0) is 4.79 Å². The fraction of sp³-hybridized carbons (Fsp3) is 0.467. The van der Waals surface area contributed by atoms with Gasteiger partial charge in [-0.1, -0.05) is 13.8 Å². The molecule has 0 spiro atoms. The predicted octanol–water partition coefficient (Wildman–Crippen LogP) is 0.641. The Morgan fingerprint density at radius 3 is 2.29 bits per heavy atom. The van der Waals surface area contributed by atoms with Gasteiger partial charge in [-0.05, 0) is 43.3 Å². The zero-order chi connectivity index (χ0) is 16.0. The molecule has 0 aliphatic rings. The van der Waals surface area contributed by atoms with Crippen LogP contribution >= 0.6 is 0 Å². The lowest BCUT2D eigenvalue weighted by atomic mass is 9.93. The first kappa shape index (κ1) is 17.1. The van der Waals surface area contributed by atoms with E-state index < -0.39 is 5.91 Å². The highest BCUT2D eigenvalue weighted by Gasteiger charge is 2.19. The lowest BCUT2D eigenvalue weighted by Crippen LogP contribution is -2.40. The molecule has 6 heteroatoms. The number of amides is 2. The van der Waals surface area contributed by atoms with Crippen molar-refractivity contribution in [1.29, 1.82) is 0 Å². The third-order valence-corrected chi connectivity index (χ3v) is 3.12. The third-order valence-electron chi connectivity index (χ3n) is 3.12. The summed E-state index contributed by atoms with van der Waals surface area (Å²) in [4.78, 5) is 24.8. The fourth-order valence-corrected chi connectivity index (χ4v) is 2.01. The number of hydrogen-bond donors (Lipinski definition) is 3. The smallest absolute Gasteiger partial charge is 0.248 e. The van der Waals surface area contributed by atoms with E-state index in [2.05, 4.69) is 19.2 Å². The average molecular weight is 292 g/mol. The molecule has 5 N–H and O–H groups in total. The molecule has 0 heterocycles. The molecule has 116 valence electrons. The first-order valence-electron chi connectivity index (χ1n) is 6.82. The molecule has 1 aromatic rings. The Morgan fingerprint density at radius 2 is 1.81 bits per heavy atom. The van der Waals surface area contributed by atoms with Crippen molar-refractivity contribution in [1.82, 2.24) is 4.90 Å². The van der Waals surface area contributed by atoms with Gasteiger partial charge in [0.15, 0.2) is 0 Å². The second-order valence-electron chi connectivity index (χ2n) is 6.03. The van der Waals surface area contributed by atoms with Crippen LogP contribution in [0.3, 0.4) is 0 Å². The molecule has 1 aromatic carbocycles. The van der Waals surface area contributed by atoms with Gasteiger partial charge in [0.2, 0.25) is 11.8 Å². The third kappa shape index (κ3) is 5.93. The van der Waals surface area contributed by atoms with Gasteiger partial charge >= 0.3 is 0 Å². The molecule has 0 fully saturated rings. The highest BCUT2D eigenvalue weighted by atomic mass is 16.2. The molecule has 0 aliphatic heterocycles. The molecule has 0 saturated carbocycles. The Kier molecular flexibility index (Phi) is 5.87. The molecule has 0 aliphatic carbocycles. The van der Waals surface area contributed by atoms with Crippen LogP contribution in [0.25, 0.3) is 0 Å². The van der Waals surface area contributed by atoms with E-state index in [0.29, 0.717) is 17.8 Å². The van der Waals surface area contributed by atoms with E-state index in [1.54, 1.807) is 24.3 Å². The minimum atomic E-state index is -0.489. The molecule has 21 heavy (non-hydrogen) atoms. The van der Waals surface area contributed by atoms with Crippen molar-refractivity contribution in [2.45, 2.75) is 13.8 Å². The molecule has 6 nitrogen and oxygen atoms in total. The van der Waals surface area contributed by atoms with Crippen LogP contribution < -0.4 is 16.8 Å². The lowest BCUT2D eigenvalue weighted by molar-refractivity contribution is -0.117. The molecule has 2 amide bonds. The fourth-order valence-electron chi connectivity index (χ4n) is 2.01. The number of nitrogens with zero attached hydrogens (tertiary/aromatic N) is 1.